The number of amides is 1. The molecule has 3 N–H and O–H groups in total. The van der Waals surface area contributed by atoms with Crippen molar-refractivity contribution in [1.29, 1.82) is 0 Å². The number of carbonyl (C=O) groups is 2. The average molecular weight is 328 g/mol. The maximum Gasteiger partial charge on any atom is 0.262 e. The van der Waals surface area contributed by atoms with Crippen LogP contribution in [0.1, 0.15) is 17.3 Å². The second-order valence-corrected chi connectivity index (χ2v) is 5.21. The number of ketones is 1. The highest BCUT2D eigenvalue weighted by molar-refractivity contribution is 5.95. The van der Waals surface area contributed by atoms with E-state index in [0.717, 1.165) is 0 Å². The summed E-state index contributed by atoms with van der Waals surface area (Å²) in [5, 5.41) is 2.70. The molecular formula is C17H16N2O5. The number of hydrogen-bond donors (Lipinski definition) is 2. The van der Waals surface area contributed by atoms with Crippen LogP contribution in [-0.2, 0) is 4.79 Å². The Labute approximate surface area is 138 Å². The van der Waals surface area contributed by atoms with Crippen LogP contribution in [0.3, 0.4) is 0 Å². The third-order valence-electron chi connectivity index (χ3n) is 3.43. The molecule has 24 heavy (non-hydrogen) atoms. The highest BCUT2D eigenvalue weighted by atomic mass is 16.7. The number of hydrogen-bond acceptors (Lipinski definition) is 6. The molecule has 0 aliphatic carbocycles. The average Bonchev–Trinajstić information content (AvgIpc) is 3.01. The van der Waals surface area contributed by atoms with Crippen molar-refractivity contribution in [2.45, 2.75) is 6.92 Å². The molecule has 0 fully saturated rings. The summed E-state index contributed by atoms with van der Waals surface area (Å²) in [6.07, 6.45) is 0. The van der Waals surface area contributed by atoms with Gasteiger partial charge in [0.15, 0.2) is 23.9 Å². The fraction of sp³-hybridized carbons (Fsp3) is 0.176. The van der Waals surface area contributed by atoms with Crippen LogP contribution in [0, 0.1) is 0 Å². The van der Waals surface area contributed by atoms with Crippen molar-refractivity contribution in [3.8, 4) is 17.2 Å². The van der Waals surface area contributed by atoms with Gasteiger partial charge in [-0.3, -0.25) is 9.59 Å². The van der Waals surface area contributed by atoms with E-state index in [1.807, 2.05) is 0 Å². The predicted molar refractivity (Wildman–Crippen MR) is 87.5 cm³/mol. The normalized spacial score (nSPS) is 11.9. The second-order valence-electron chi connectivity index (χ2n) is 5.21. The quantitative estimate of drug-likeness (QED) is 0.645. The number of Topliss-reactive ketones (excluding diaryl/α,β-unsaturated/α-hetero) is 1. The van der Waals surface area contributed by atoms with Gasteiger partial charge in [0, 0.05) is 17.3 Å². The summed E-state index contributed by atoms with van der Waals surface area (Å²) < 4.78 is 15.8. The van der Waals surface area contributed by atoms with E-state index in [4.69, 9.17) is 19.9 Å². The summed E-state index contributed by atoms with van der Waals surface area (Å²) >= 11 is 0. The zero-order chi connectivity index (χ0) is 17.1. The Bertz CT molecular complexity index is 804. The van der Waals surface area contributed by atoms with Gasteiger partial charge >= 0.3 is 0 Å². The smallest absolute Gasteiger partial charge is 0.262 e. The molecule has 0 atom stereocenters. The highest BCUT2D eigenvalue weighted by Gasteiger charge is 2.14. The van der Waals surface area contributed by atoms with E-state index in [0.29, 0.717) is 34.2 Å². The lowest BCUT2D eigenvalue weighted by molar-refractivity contribution is -0.118. The first-order valence-electron chi connectivity index (χ1n) is 7.25. The van der Waals surface area contributed by atoms with Gasteiger partial charge in [-0.2, -0.15) is 0 Å². The molecule has 0 aromatic heterocycles. The lowest BCUT2D eigenvalue weighted by Crippen LogP contribution is -2.20. The lowest BCUT2D eigenvalue weighted by atomic mass is 10.1. The SMILES string of the molecule is CC(=O)c1ccc(OCC(=O)Nc2ccc3c(c2)OCO3)c(N)c1. The molecule has 7 nitrogen and oxygen atoms in total. The van der Waals surface area contributed by atoms with Crippen molar-refractivity contribution >= 4 is 23.1 Å². The summed E-state index contributed by atoms with van der Waals surface area (Å²) in [6.45, 7) is 1.41. The number of rotatable bonds is 5. The molecular weight excluding hydrogens is 312 g/mol. The third-order valence-corrected chi connectivity index (χ3v) is 3.43. The minimum Gasteiger partial charge on any atom is -0.482 e. The van der Waals surface area contributed by atoms with Crippen molar-refractivity contribution in [2.75, 3.05) is 24.5 Å². The van der Waals surface area contributed by atoms with Gasteiger partial charge in [-0.05, 0) is 37.3 Å². The van der Waals surface area contributed by atoms with E-state index in [-0.39, 0.29) is 25.1 Å². The van der Waals surface area contributed by atoms with Crippen molar-refractivity contribution in [2.24, 2.45) is 0 Å². The minimum absolute atomic E-state index is 0.0891. The van der Waals surface area contributed by atoms with Gasteiger partial charge < -0.3 is 25.3 Å². The lowest BCUT2D eigenvalue weighted by Gasteiger charge is -2.10. The number of fused-ring (bicyclic) bond motifs is 1. The van der Waals surface area contributed by atoms with E-state index in [2.05, 4.69) is 5.32 Å². The Morgan fingerprint density at radius 3 is 2.71 bits per heavy atom. The Morgan fingerprint density at radius 2 is 1.96 bits per heavy atom. The van der Waals surface area contributed by atoms with Gasteiger partial charge in [0.25, 0.3) is 5.91 Å². The standard InChI is InChI=1S/C17H16N2O5/c1-10(20)11-2-4-14(13(18)6-11)22-8-17(21)19-12-3-5-15-16(7-12)24-9-23-15/h2-7H,8-9,18H2,1H3,(H,19,21). The van der Waals surface area contributed by atoms with Crippen molar-refractivity contribution in [1.82, 2.24) is 0 Å². The van der Waals surface area contributed by atoms with Crippen LogP contribution in [0.2, 0.25) is 0 Å². The monoisotopic (exact) mass is 328 g/mol. The summed E-state index contributed by atoms with van der Waals surface area (Å²) in [7, 11) is 0. The van der Waals surface area contributed by atoms with Gasteiger partial charge in [-0.1, -0.05) is 0 Å². The fourth-order valence-corrected chi connectivity index (χ4v) is 2.21. The molecule has 7 heteroatoms. The number of carbonyl (C=O) groups excluding carboxylic acids is 2. The summed E-state index contributed by atoms with van der Waals surface area (Å²) in [6, 6.07) is 9.80. The number of nitrogens with one attached hydrogen (secondary N) is 1. The molecule has 0 radical (unpaired) electrons. The van der Waals surface area contributed by atoms with Crippen molar-refractivity contribution in [3.05, 3.63) is 42.0 Å². The van der Waals surface area contributed by atoms with Gasteiger partial charge in [0.1, 0.15) is 5.75 Å². The zero-order valence-corrected chi connectivity index (χ0v) is 13.0. The number of nitrogens with two attached hydrogens (primary N) is 1. The third kappa shape index (κ3) is 3.40. The number of nitrogen functional groups attached to an aromatic ring is 1. The van der Waals surface area contributed by atoms with Crippen molar-refractivity contribution < 1.29 is 23.8 Å². The van der Waals surface area contributed by atoms with Gasteiger partial charge in [-0.25, -0.2) is 0 Å². The minimum atomic E-state index is -0.344. The van der Waals surface area contributed by atoms with Gasteiger partial charge in [-0.15, -0.1) is 0 Å². The van der Waals surface area contributed by atoms with Crippen LogP contribution < -0.4 is 25.3 Å². The predicted octanol–water partition coefficient (Wildman–Crippen LogP) is 2.22. The second kappa shape index (κ2) is 6.49. The van der Waals surface area contributed by atoms with Crippen molar-refractivity contribution in [3.63, 3.8) is 0 Å². The summed E-state index contributed by atoms with van der Waals surface area (Å²) in [5.41, 5.74) is 7.19. The van der Waals surface area contributed by atoms with E-state index in [9.17, 15) is 9.59 Å². The van der Waals surface area contributed by atoms with Gasteiger partial charge in [0.2, 0.25) is 6.79 Å². The first kappa shape index (κ1) is 15.7. The Balaban J connectivity index is 1.59. The van der Waals surface area contributed by atoms with E-state index in [1.165, 1.54) is 13.0 Å². The van der Waals surface area contributed by atoms with Crippen LogP contribution in [0.25, 0.3) is 0 Å². The Morgan fingerprint density at radius 1 is 1.17 bits per heavy atom. The van der Waals surface area contributed by atoms with Crippen LogP contribution in [0.4, 0.5) is 11.4 Å². The Kier molecular flexibility index (Phi) is 4.24. The van der Waals surface area contributed by atoms with Crippen LogP contribution >= 0.6 is 0 Å². The molecule has 0 saturated carbocycles. The molecule has 2 aromatic rings. The fourth-order valence-electron chi connectivity index (χ4n) is 2.21. The molecule has 1 aliphatic rings. The van der Waals surface area contributed by atoms with E-state index >= 15 is 0 Å². The highest BCUT2D eigenvalue weighted by Crippen LogP contribution is 2.34. The number of anilines is 2. The largest absolute Gasteiger partial charge is 0.482 e. The molecule has 2 aromatic carbocycles. The Hall–Kier alpha value is -3.22. The number of benzene rings is 2. The summed E-state index contributed by atoms with van der Waals surface area (Å²) in [5.74, 6) is 1.14. The summed E-state index contributed by atoms with van der Waals surface area (Å²) in [4.78, 5) is 23.2. The first-order valence-corrected chi connectivity index (χ1v) is 7.25. The van der Waals surface area contributed by atoms with Crippen LogP contribution in [-0.4, -0.2) is 25.1 Å². The molecule has 1 amide bonds. The van der Waals surface area contributed by atoms with Crippen LogP contribution in [0.5, 0.6) is 17.2 Å². The molecule has 124 valence electrons. The van der Waals surface area contributed by atoms with E-state index in [1.54, 1.807) is 30.3 Å². The maximum absolute atomic E-state index is 12.0. The molecule has 1 heterocycles. The molecule has 1 aliphatic heterocycles. The van der Waals surface area contributed by atoms with Crippen LogP contribution in [0.15, 0.2) is 36.4 Å². The number of ether oxygens (including phenoxy) is 3. The molecule has 0 saturated heterocycles. The zero-order valence-electron chi connectivity index (χ0n) is 13.0. The molecule has 0 spiro atoms. The molecule has 0 bridgehead atoms. The maximum atomic E-state index is 12.0. The van der Waals surface area contributed by atoms with Gasteiger partial charge in [0.05, 0.1) is 5.69 Å². The first-order chi connectivity index (χ1) is 11.5. The van der Waals surface area contributed by atoms with E-state index < -0.39 is 0 Å². The molecule has 0 unspecified atom stereocenters. The molecule has 3 rings (SSSR count). The topological polar surface area (TPSA) is 99.9 Å².